The maximum atomic E-state index is 2.29. The van der Waals surface area contributed by atoms with E-state index >= 15 is 0 Å². The van der Waals surface area contributed by atoms with Crippen molar-refractivity contribution >= 4 is 11.8 Å². The largest absolute Gasteiger partial charge is 0.162 e. The summed E-state index contributed by atoms with van der Waals surface area (Å²) in [4.78, 5) is 0. The van der Waals surface area contributed by atoms with E-state index in [1.165, 1.54) is 5.56 Å². The predicted octanol–water partition coefficient (Wildman–Crippen LogP) is 3.54. The van der Waals surface area contributed by atoms with Gasteiger partial charge in [0.15, 0.2) is 0 Å². The molecule has 0 aliphatic heterocycles. The van der Waals surface area contributed by atoms with Crippen LogP contribution in [-0.2, 0) is 0 Å². The minimum absolute atomic E-state index is 0.654. The van der Waals surface area contributed by atoms with E-state index in [1.807, 2.05) is 11.8 Å². The lowest BCUT2D eigenvalue weighted by molar-refractivity contribution is 0.752. The Bertz CT molecular complexity index is 218. The van der Waals surface area contributed by atoms with Gasteiger partial charge in [-0.25, -0.2) is 0 Å². The summed E-state index contributed by atoms with van der Waals surface area (Å²) < 4.78 is 0. The van der Waals surface area contributed by atoms with Crippen LogP contribution in [0.5, 0.6) is 0 Å². The topological polar surface area (TPSA) is 0 Å². The van der Waals surface area contributed by atoms with Crippen molar-refractivity contribution in [2.45, 2.75) is 25.0 Å². The third-order valence-corrected chi connectivity index (χ3v) is 3.55. The van der Waals surface area contributed by atoms with Gasteiger partial charge in [0, 0.05) is 5.25 Å². The molecule has 0 spiro atoms. The highest BCUT2D eigenvalue weighted by atomic mass is 32.2. The molecule has 0 aliphatic carbocycles. The van der Waals surface area contributed by atoms with Crippen LogP contribution in [0.25, 0.3) is 0 Å². The molecular weight excluding hydrogens is 164 g/mol. The fraction of sp³-hybridized carbons (Fsp3) is 0.455. The Balaban J connectivity index is 2.71. The van der Waals surface area contributed by atoms with E-state index in [0.29, 0.717) is 11.2 Å². The minimum Gasteiger partial charge on any atom is -0.162 e. The Morgan fingerprint density at radius 3 is 2.17 bits per heavy atom. The molecule has 2 atom stereocenters. The normalized spacial score (nSPS) is 15.6. The van der Waals surface area contributed by atoms with Crippen molar-refractivity contribution in [2.24, 2.45) is 0 Å². The van der Waals surface area contributed by atoms with E-state index in [9.17, 15) is 0 Å². The standard InChI is InChI=1S/C11H16S/c1-9(10(2)12-3)11-7-5-4-6-8-11/h4-10H,1-3H3. The number of hydrogen-bond acceptors (Lipinski definition) is 1. The van der Waals surface area contributed by atoms with Gasteiger partial charge in [-0.05, 0) is 17.7 Å². The first kappa shape index (κ1) is 9.66. The summed E-state index contributed by atoms with van der Waals surface area (Å²) in [6.45, 7) is 4.57. The second kappa shape index (κ2) is 4.56. The van der Waals surface area contributed by atoms with Crippen LogP contribution >= 0.6 is 11.8 Å². The van der Waals surface area contributed by atoms with Crippen molar-refractivity contribution in [3.63, 3.8) is 0 Å². The minimum atomic E-state index is 0.654. The van der Waals surface area contributed by atoms with Crippen LogP contribution in [0.2, 0.25) is 0 Å². The Kier molecular flexibility index (Phi) is 3.67. The monoisotopic (exact) mass is 180 g/mol. The van der Waals surface area contributed by atoms with Gasteiger partial charge in [-0.3, -0.25) is 0 Å². The molecule has 0 fully saturated rings. The number of rotatable bonds is 3. The first-order chi connectivity index (χ1) is 5.75. The van der Waals surface area contributed by atoms with E-state index in [-0.39, 0.29) is 0 Å². The highest BCUT2D eigenvalue weighted by Crippen LogP contribution is 2.25. The Morgan fingerprint density at radius 2 is 1.67 bits per heavy atom. The molecule has 0 N–H and O–H groups in total. The van der Waals surface area contributed by atoms with Gasteiger partial charge in [0.05, 0.1) is 0 Å². The third-order valence-electron chi connectivity index (χ3n) is 2.40. The fourth-order valence-electron chi connectivity index (χ4n) is 1.23. The summed E-state index contributed by atoms with van der Waals surface area (Å²) in [6.07, 6.45) is 2.17. The third kappa shape index (κ3) is 2.28. The van der Waals surface area contributed by atoms with Gasteiger partial charge < -0.3 is 0 Å². The summed E-state index contributed by atoms with van der Waals surface area (Å²) >= 11 is 1.93. The predicted molar refractivity (Wildman–Crippen MR) is 57.8 cm³/mol. The smallest absolute Gasteiger partial charge is 0.00820 e. The van der Waals surface area contributed by atoms with E-state index in [1.54, 1.807) is 0 Å². The van der Waals surface area contributed by atoms with Crippen molar-refractivity contribution in [1.29, 1.82) is 0 Å². The van der Waals surface area contributed by atoms with Gasteiger partial charge in [0.25, 0.3) is 0 Å². The lowest BCUT2D eigenvalue weighted by atomic mass is 9.99. The lowest BCUT2D eigenvalue weighted by Gasteiger charge is -2.17. The summed E-state index contributed by atoms with van der Waals surface area (Å²) in [6, 6.07) is 10.7. The molecule has 0 aromatic heterocycles. The highest BCUT2D eigenvalue weighted by molar-refractivity contribution is 7.99. The molecule has 0 radical (unpaired) electrons. The second-order valence-corrected chi connectivity index (χ2v) is 4.36. The molecule has 1 aromatic rings. The van der Waals surface area contributed by atoms with Gasteiger partial charge in [-0.2, -0.15) is 11.8 Å². The van der Waals surface area contributed by atoms with E-state index in [0.717, 1.165) is 0 Å². The van der Waals surface area contributed by atoms with Crippen LogP contribution in [0.3, 0.4) is 0 Å². The van der Waals surface area contributed by atoms with E-state index in [4.69, 9.17) is 0 Å². The molecule has 0 heterocycles. The van der Waals surface area contributed by atoms with Crippen LogP contribution in [0.15, 0.2) is 30.3 Å². The Labute approximate surface area is 79.4 Å². The number of benzene rings is 1. The summed E-state index contributed by atoms with van der Waals surface area (Å²) in [7, 11) is 0. The maximum Gasteiger partial charge on any atom is 0.00820 e. The fourth-order valence-corrected chi connectivity index (χ4v) is 1.80. The summed E-state index contributed by atoms with van der Waals surface area (Å²) in [5.41, 5.74) is 1.44. The summed E-state index contributed by atoms with van der Waals surface area (Å²) in [5.74, 6) is 0.654. The van der Waals surface area contributed by atoms with Gasteiger partial charge >= 0.3 is 0 Å². The molecule has 66 valence electrons. The van der Waals surface area contributed by atoms with Crippen molar-refractivity contribution < 1.29 is 0 Å². The van der Waals surface area contributed by atoms with Crippen LogP contribution in [0, 0.1) is 0 Å². The van der Waals surface area contributed by atoms with Gasteiger partial charge in [-0.15, -0.1) is 0 Å². The van der Waals surface area contributed by atoms with Crippen molar-refractivity contribution in [3.05, 3.63) is 35.9 Å². The van der Waals surface area contributed by atoms with Crippen LogP contribution < -0.4 is 0 Å². The zero-order valence-corrected chi connectivity index (χ0v) is 8.77. The first-order valence-electron chi connectivity index (χ1n) is 4.33. The van der Waals surface area contributed by atoms with Crippen LogP contribution in [0.4, 0.5) is 0 Å². The molecular formula is C11H16S. The SMILES string of the molecule is CSC(C)C(C)c1ccccc1. The molecule has 0 aliphatic rings. The van der Waals surface area contributed by atoms with Crippen LogP contribution in [0.1, 0.15) is 25.3 Å². The zero-order chi connectivity index (χ0) is 8.97. The molecule has 1 heteroatoms. The first-order valence-corrected chi connectivity index (χ1v) is 5.62. The van der Waals surface area contributed by atoms with Gasteiger partial charge in [-0.1, -0.05) is 44.2 Å². The molecule has 0 saturated carbocycles. The molecule has 0 saturated heterocycles. The second-order valence-electron chi connectivity index (χ2n) is 3.14. The van der Waals surface area contributed by atoms with Crippen LogP contribution in [-0.4, -0.2) is 11.5 Å². The molecule has 0 nitrogen and oxygen atoms in total. The Morgan fingerprint density at radius 1 is 1.08 bits per heavy atom. The van der Waals surface area contributed by atoms with Crippen molar-refractivity contribution in [1.82, 2.24) is 0 Å². The molecule has 0 bridgehead atoms. The lowest BCUT2D eigenvalue weighted by Crippen LogP contribution is -2.07. The summed E-state index contributed by atoms with van der Waals surface area (Å²) in [5, 5.41) is 0.701. The highest BCUT2D eigenvalue weighted by Gasteiger charge is 2.11. The maximum absolute atomic E-state index is 2.29. The van der Waals surface area contributed by atoms with E-state index in [2.05, 4.69) is 50.4 Å². The molecule has 0 amide bonds. The van der Waals surface area contributed by atoms with Crippen molar-refractivity contribution in [2.75, 3.05) is 6.26 Å². The molecule has 2 unspecified atom stereocenters. The Hall–Kier alpha value is -0.430. The zero-order valence-electron chi connectivity index (χ0n) is 7.95. The number of thioether (sulfide) groups is 1. The average molecular weight is 180 g/mol. The molecule has 1 aromatic carbocycles. The molecule has 1 rings (SSSR count). The van der Waals surface area contributed by atoms with Gasteiger partial charge in [0.2, 0.25) is 0 Å². The average Bonchev–Trinajstić information content (AvgIpc) is 2.17. The van der Waals surface area contributed by atoms with Crippen molar-refractivity contribution in [3.8, 4) is 0 Å². The quantitative estimate of drug-likeness (QED) is 0.685. The number of hydrogen-bond donors (Lipinski definition) is 0. The van der Waals surface area contributed by atoms with Gasteiger partial charge in [0.1, 0.15) is 0 Å². The van der Waals surface area contributed by atoms with E-state index < -0.39 is 0 Å². The molecule has 12 heavy (non-hydrogen) atoms.